The van der Waals surface area contributed by atoms with Crippen molar-refractivity contribution < 1.29 is 9.18 Å². The largest absolute Gasteiger partial charge is 0.350 e. The van der Waals surface area contributed by atoms with Crippen LogP contribution < -0.4 is 0 Å². The van der Waals surface area contributed by atoms with Crippen molar-refractivity contribution in [3.8, 4) is 11.1 Å². The number of hydrogen-bond acceptors (Lipinski definition) is 2. The Kier molecular flexibility index (Phi) is 4.94. The lowest BCUT2D eigenvalue weighted by Gasteiger charge is -2.03. The van der Waals surface area contributed by atoms with Crippen LogP contribution in [-0.2, 0) is 0 Å². The maximum absolute atomic E-state index is 13.3. The third-order valence-corrected chi connectivity index (χ3v) is 4.95. The van der Waals surface area contributed by atoms with Gasteiger partial charge < -0.3 is 4.98 Å². The molecule has 1 N–H and O–H groups in total. The third-order valence-electron chi connectivity index (χ3n) is 4.21. The summed E-state index contributed by atoms with van der Waals surface area (Å²) in [6.07, 6.45) is 0. The highest BCUT2D eigenvalue weighted by molar-refractivity contribution is 6.42. The maximum Gasteiger partial charge on any atom is 0.312 e. The van der Waals surface area contributed by atoms with Crippen molar-refractivity contribution in [3.05, 3.63) is 88.3 Å². The minimum absolute atomic E-state index is 0.275. The van der Waals surface area contributed by atoms with Crippen LogP contribution in [0.4, 0.5) is 10.1 Å². The Bertz CT molecular complexity index is 1220. The number of rotatable bonds is 3. The maximum atomic E-state index is 13.3. The van der Waals surface area contributed by atoms with Gasteiger partial charge in [-0.25, -0.2) is 4.39 Å². The van der Waals surface area contributed by atoms with E-state index in [4.69, 9.17) is 23.2 Å². The molecule has 0 radical (unpaired) electrons. The van der Waals surface area contributed by atoms with Crippen molar-refractivity contribution in [1.29, 1.82) is 0 Å². The number of carbonyl (C=O) groups is 1. The first-order chi connectivity index (χ1) is 13.5. The van der Waals surface area contributed by atoms with E-state index in [0.29, 0.717) is 26.9 Å². The summed E-state index contributed by atoms with van der Waals surface area (Å²) in [6, 6.07) is 18.1. The number of para-hydroxylation sites is 1. The quantitative estimate of drug-likeness (QED) is 0.355. The molecule has 0 aliphatic rings. The minimum atomic E-state index is -0.554. The molecule has 4 rings (SSSR count). The van der Waals surface area contributed by atoms with Crippen LogP contribution in [0.1, 0.15) is 10.5 Å². The van der Waals surface area contributed by atoms with Crippen LogP contribution in [-0.4, -0.2) is 10.9 Å². The first kappa shape index (κ1) is 18.3. The van der Waals surface area contributed by atoms with Crippen molar-refractivity contribution in [3.63, 3.8) is 0 Å². The Hall–Kier alpha value is -3.02. The smallest absolute Gasteiger partial charge is 0.312 e. The zero-order chi connectivity index (χ0) is 19.7. The molecule has 0 atom stereocenters. The summed E-state index contributed by atoms with van der Waals surface area (Å²) in [5, 5.41) is 9.32. The van der Waals surface area contributed by atoms with Crippen LogP contribution in [0.3, 0.4) is 0 Å². The van der Waals surface area contributed by atoms with Crippen molar-refractivity contribution in [2.45, 2.75) is 0 Å². The van der Waals surface area contributed by atoms with Crippen LogP contribution in [0.25, 0.3) is 22.0 Å². The van der Waals surface area contributed by atoms with E-state index >= 15 is 0 Å². The monoisotopic (exact) mass is 411 g/mol. The molecule has 0 fully saturated rings. The fourth-order valence-electron chi connectivity index (χ4n) is 2.92. The molecule has 1 aromatic heterocycles. The Balaban J connectivity index is 1.78. The van der Waals surface area contributed by atoms with E-state index < -0.39 is 5.91 Å². The van der Waals surface area contributed by atoms with Gasteiger partial charge in [-0.3, -0.25) is 4.79 Å². The van der Waals surface area contributed by atoms with E-state index in [-0.39, 0.29) is 11.5 Å². The molecule has 0 saturated carbocycles. The van der Waals surface area contributed by atoms with Crippen LogP contribution in [0.5, 0.6) is 0 Å². The van der Waals surface area contributed by atoms with E-state index in [0.717, 1.165) is 10.9 Å². The molecule has 0 aliphatic heterocycles. The zero-order valence-corrected chi connectivity index (χ0v) is 15.8. The fourth-order valence-corrected chi connectivity index (χ4v) is 3.21. The number of hydrogen-bond donors (Lipinski definition) is 1. The summed E-state index contributed by atoms with van der Waals surface area (Å²) in [4.78, 5) is 15.9. The lowest BCUT2D eigenvalue weighted by atomic mass is 10.0. The number of amides is 1. The van der Waals surface area contributed by atoms with Crippen molar-refractivity contribution in [2.24, 2.45) is 10.2 Å². The molecular weight excluding hydrogens is 400 g/mol. The number of aromatic amines is 1. The van der Waals surface area contributed by atoms with Crippen LogP contribution in [0, 0.1) is 5.82 Å². The predicted molar refractivity (Wildman–Crippen MR) is 109 cm³/mol. The first-order valence-corrected chi connectivity index (χ1v) is 9.06. The van der Waals surface area contributed by atoms with E-state index in [2.05, 4.69) is 15.2 Å². The van der Waals surface area contributed by atoms with Gasteiger partial charge >= 0.3 is 5.91 Å². The number of azo groups is 1. The molecule has 0 aliphatic carbocycles. The van der Waals surface area contributed by atoms with Crippen LogP contribution in [0.15, 0.2) is 77.0 Å². The van der Waals surface area contributed by atoms with Gasteiger partial charge in [0.15, 0.2) is 0 Å². The number of halogens is 3. The predicted octanol–water partition coefficient (Wildman–Crippen LogP) is 7.20. The van der Waals surface area contributed by atoms with E-state index in [1.165, 1.54) is 18.2 Å². The molecule has 0 saturated heterocycles. The number of carbonyl (C=O) groups excluding carboxylic acids is 1. The van der Waals surface area contributed by atoms with Gasteiger partial charge in [-0.15, -0.1) is 10.2 Å². The lowest BCUT2D eigenvalue weighted by molar-refractivity contribution is 0.0991. The number of aromatic nitrogens is 1. The zero-order valence-electron chi connectivity index (χ0n) is 14.3. The molecule has 3 aromatic carbocycles. The summed E-state index contributed by atoms with van der Waals surface area (Å²) in [5.41, 5.74) is 2.80. The molecular formula is C21H12Cl2FN3O. The molecule has 7 heteroatoms. The lowest BCUT2D eigenvalue weighted by Crippen LogP contribution is -1.97. The van der Waals surface area contributed by atoms with Gasteiger partial charge in [0.25, 0.3) is 0 Å². The fraction of sp³-hybridized carbons (Fsp3) is 0. The summed E-state index contributed by atoms with van der Waals surface area (Å²) in [6.45, 7) is 0. The van der Waals surface area contributed by atoms with Gasteiger partial charge in [0.05, 0.1) is 15.7 Å². The van der Waals surface area contributed by atoms with E-state index in [9.17, 15) is 9.18 Å². The van der Waals surface area contributed by atoms with Gasteiger partial charge in [-0.1, -0.05) is 53.5 Å². The molecule has 1 heterocycles. The highest BCUT2D eigenvalue weighted by Gasteiger charge is 2.19. The summed E-state index contributed by atoms with van der Waals surface area (Å²) in [7, 11) is 0. The average molecular weight is 412 g/mol. The molecule has 0 bridgehead atoms. The highest BCUT2D eigenvalue weighted by atomic mass is 35.5. The second kappa shape index (κ2) is 7.54. The van der Waals surface area contributed by atoms with Crippen molar-refractivity contribution in [2.75, 3.05) is 0 Å². The Labute approximate surface area is 169 Å². The number of fused-ring (bicyclic) bond motifs is 1. The van der Waals surface area contributed by atoms with E-state index in [1.807, 2.05) is 24.3 Å². The van der Waals surface area contributed by atoms with Crippen molar-refractivity contribution >= 4 is 45.7 Å². The molecule has 4 aromatic rings. The van der Waals surface area contributed by atoms with Crippen LogP contribution in [0.2, 0.25) is 10.0 Å². The van der Waals surface area contributed by atoms with Gasteiger partial charge in [0.2, 0.25) is 0 Å². The topological polar surface area (TPSA) is 57.6 Å². The van der Waals surface area contributed by atoms with Gasteiger partial charge in [0, 0.05) is 16.5 Å². The summed E-state index contributed by atoms with van der Waals surface area (Å²) < 4.78 is 13.3. The second-order valence-electron chi connectivity index (χ2n) is 6.03. The second-order valence-corrected chi connectivity index (χ2v) is 6.85. The van der Waals surface area contributed by atoms with Gasteiger partial charge in [0.1, 0.15) is 11.5 Å². The van der Waals surface area contributed by atoms with Crippen LogP contribution >= 0.6 is 23.2 Å². The molecule has 28 heavy (non-hydrogen) atoms. The number of H-pyrrole nitrogens is 1. The highest BCUT2D eigenvalue weighted by Crippen LogP contribution is 2.33. The molecule has 138 valence electrons. The molecule has 1 amide bonds. The Morgan fingerprint density at radius 1 is 0.929 bits per heavy atom. The molecule has 4 nitrogen and oxygen atoms in total. The minimum Gasteiger partial charge on any atom is -0.350 e. The Morgan fingerprint density at radius 2 is 1.68 bits per heavy atom. The van der Waals surface area contributed by atoms with Gasteiger partial charge in [-0.2, -0.15) is 0 Å². The average Bonchev–Trinajstić information content (AvgIpc) is 3.09. The normalized spacial score (nSPS) is 11.4. The third kappa shape index (κ3) is 3.54. The number of benzene rings is 3. The number of nitrogens with zero attached hydrogens (tertiary/aromatic N) is 2. The molecule has 0 spiro atoms. The summed E-state index contributed by atoms with van der Waals surface area (Å²) >= 11 is 11.8. The van der Waals surface area contributed by atoms with E-state index in [1.54, 1.807) is 24.3 Å². The Morgan fingerprint density at radius 3 is 2.43 bits per heavy atom. The standard InChI is InChI=1S/C21H12Cl2FN3O/c22-16-10-9-14(11-17(16)23)26-27-21(28)20-19(12-5-7-13(24)8-6-12)15-3-1-2-4-18(15)25-20/h1-11,25H. The summed E-state index contributed by atoms with van der Waals surface area (Å²) in [5.74, 6) is -0.905. The number of nitrogens with one attached hydrogen (secondary N) is 1. The van der Waals surface area contributed by atoms with Gasteiger partial charge in [-0.05, 0) is 42.0 Å². The molecule has 0 unspecified atom stereocenters. The SMILES string of the molecule is O=C(N=Nc1ccc(Cl)c(Cl)c1)c1[nH]c2ccccc2c1-c1ccc(F)cc1. The first-order valence-electron chi connectivity index (χ1n) is 8.31. The van der Waals surface area contributed by atoms with Crippen molar-refractivity contribution in [1.82, 2.24) is 4.98 Å².